The molecule has 3 rings (SSSR count). The summed E-state index contributed by atoms with van der Waals surface area (Å²) >= 11 is 0. The molecule has 0 aliphatic carbocycles. The Balaban J connectivity index is 1.85. The van der Waals surface area contributed by atoms with Crippen LogP contribution in [0.25, 0.3) is 0 Å². The number of H-pyrrole nitrogens is 1. The van der Waals surface area contributed by atoms with E-state index in [0.29, 0.717) is 12.2 Å². The average molecular weight is 335 g/mol. The Kier molecular flexibility index (Phi) is 5.18. The molecule has 25 heavy (non-hydrogen) atoms. The van der Waals surface area contributed by atoms with Gasteiger partial charge in [-0.2, -0.15) is 5.21 Å². The van der Waals surface area contributed by atoms with Crippen LogP contribution in [0.3, 0.4) is 0 Å². The summed E-state index contributed by atoms with van der Waals surface area (Å²) in [5.41, 5.74) is 4.14. The van der Waals surface area contributed by atoms with Crippen molar-refractivity contribution in [3.05, 3.63) is 71.0 Å². The number of nitrogens with one attached hydrogen (secondary N) is 2. The van der Waals surface area contributed by atoms with Crippen LogP contribution in [-0.4, -0.2) is 26.5 Å². The molecule has 2 aromatic carbocycles. The summed E-state index contributed by atoms with van der Waals surface area (Å²) in [5, 5.41) is 17.1. The highest BCUT2D eigenvalue weighted by Gasteiger charge is 2.26. The molecule has 2 N–H and O–H groups in total. The number of aromatic nitrogens is 4. The maximum Gasteiger partial charge on any atom is 0.235 e. The molecular formula is C19H21N5O. The van der Waals surface area contributed by atoms with E-state index in [0.717, 1.165) is 28.8 Å². The largest absolute Gasteiger partial charge is 0.325 e. The highest BCUT2D eigenvalue weighted by molar-refractivity contribution is 5.96. The van der Waals surface area contributed by atoms with Gasteiger partial charge in [0.05, 0.1) is 0 Å². The van der Waals surface area contributed by atoms with Crippen molar-refractivity contribution in [1.82, 2.24) is 20.6 Å². The molecule has 0 saturated heterocycles. The van der Waals surface area contributed by atoms with Crippen LogP contribution in [0.4, 0.5) is 5.69 Å². The molecule has 1 amide bonds. The molecule has 6 heteroatoms. The van der Waals surface area contributed by atoms with Crippen LogP contribution >= 0.6 is 0 Å². The van der Waals surface area contributed by atoms with Crippen LogP contribution in [-0.2, 0) is 17.6 Å². The van der Waals surface area contributed by atoms with Gasteiger partial charge in [-0.25, -0.2) is 0 Å². The summed E-state index contributed by atoms with van der Waals surface area (Å²) in [5.74, 6) is -0.248. The maximum absolute atomic E-state index is 12.9. The van der Waals surface area contributed by atoms with Gasteiger partial charge in [-0.15, -0.1) is 10.2 Å². The maximum atomic E-state index is 12.9. The van der Waals surface area contributed by atoms with E-state index in [1.165, 1.54) is 0 Å². The summed E-state index contributed by atoms with van der Waals surface area (Å²) in [7, 11) is 0. The number of anilines is 1. The molecule has 0 radical (unpaired) electrons. The zero-order chi connectivity index (χ0) is 17.6. The number of aryl methyl sites for hydroxylation is 2. The van der Waals surface area contributed by atoms with Gasteiger partial charge >= 0.3 is 0 Å². The van der Waals surface area contributed by atoms with E-state index in [4.69, 9.17) is 0 Å². The highest BCUT2D eigenvalue weighted by atomic mass is 16.1. The van der Waals surface area contributed by atoms with E-state index < -0.39 is 5.92 Å². The number of nitrogens with zero attached hydrogens (tertiary/aromatic N) is 3. The monoisotopic (exact) mass is 335 g/mol. The number of hydrogen-bond donors (Lipinski definition) is 2. The van der Waals surface area contributed by atoms with Gasteiger partial charge in [0.25, 0.3) is 0 Å². The van der Waals surface area contributed by atoms with E-state index in [9.17, 15) is 4.79 Å². The molecular weight excluding hydrogens is 314 g/mol. The Morgan fingerprint density at radius 2 is 2.04 bits per heavy atom. The normalized spacial score (nSPS) is 11.9. The van der Waals surface area contributed by atoms with Crippen molar-refractivity contribution < 1.29 is 4.79 Å². The fourth-order valence-electron chi connectivity index (χ4n) is 2.86. The van der Waals surface area contributed by atoms with Crippen LogP contribution in [0.1, 0.15) is 35.4 Å². The van der Waals surface area contributed by atoms with E-state index in [2.05, 4.69) is 38.9 Å². The predicted molar refractivity (Wildman–Crippen MR) is 96.3 cm³/mol. The van der Waals surface area contributed by atoms with Gasteiger partial charge < -0.3 is 5.32 Å². The van der Waals surface area contributed by atoms with Crippen LogP contribution in [0.15, 0.2) is 48.5 Å². The number of tetrazole rings is 1. The number of benzene rings is 2. The second-order valence-electron chi connectivity index (χ2n) is 6.02. The summed E-state index contributed by atoms with van der Waals surface area (Å²) in [6.45, 7) is 4.10. The van der Waals surface area contributed by atoms with Gasteiger partial charge in [-0.3, -0.25) is 4.79 Å². The highest BCUT2D eigenvalue weighted by Crippen LogP contribution is 2.22. The van der Waals surface area contributed by atoms with Crippen molar-refractivity contribution in [2.24, 2.45) is 0 Å². The minimum Gasteiger partial charge on any atom is -0.325 e. The molecule has 1 aromatic heterocycles. The van der Waals surface area contributed by atoms with Gasteiger partial charge in [0, 0.05) is 5.69 Å². The predicted octanol–water partition coefficient (Wildman–Crippen LogP) is 3.04. The molecule has 128 valence electrons. The Morgan fingerprint density at radius 3 is 2.76 bits per heavy atom. The van der Waals surface area contributed by atoms with E-state index >= 15 is 0 Å². The Hall–Kier alpha value is -3.02. The van der Waals surface area contributed by atoms with Crippen LogP contribution in [0.5, 0.6) is 0 Å². The van der Waals surface area contributed by atoms with Crippen molar-refractivity contribution in [1.29, 1.82) is 0 Å². The first-order valence-electron chi connectivity index (χ1n) is 8.35. The molecule has 3 aromatic rings. The van der Waals surface area contributed by atoms with Crippen molar-refractivity contribution >= 4 is 11.6 Å². The molecule has 6 nitrogen and oxygen atoms in total. The van der Waals surface area contributed by atoms with Gasteiger partial charge in [0.2, 0.25) is 5.91 Å². The SMILES string of the molecule is CCc1ccccc1NC(=O)[C@@H](Cc1cccc(C)c1)c1nn[nH]n1. The lowest BCUT2D eigenvalue weighted by atomic mass is 9.96. The number of carbonyl (C=O) groups excluding carboxylic acids is 1. The first-order chi connectivity index (χ1) is 12.2. The lowest BCUT2D eigenvalue weighted by Gasteiger charge is -2.16. The fourth-order valence-corrected chi connectivity index (χ4v) is 2.86. The first kappa shape index (κ1) is 16.8. The van der Waals surface area contributed by atoms with E-state index in [-0.39, 0.29) is 5.91 Å². The first-order valence-corrected chi connectivity index (χ1v) is 8.35. The summed E-state index contributed by atoms with van der Waals surface area (Å²) < 4.78 is 0. The van der Waals surface area contributed by atoms with Crippen molar-refractivity contribution in [3.8, 4) is 0 Å². The molecule has 0 aliphatic heterocycles. The zero-order valence-electron chi connectivity index (χ0n) is 14.4. The third kappa shape index (κ3) is 4.09. The van der Waals surface area contributed by atoms with Gasteiger partial charge in [-0.1, -0.05) is 60.2 Å². The van der Waals surface area contributed by atoms with Crippen LogP contribution in [0.2, 0.25) is 0 Å². The van der Waals surface area contributed by atoms with E-state index in [1.54, 1.807) is 0 Å². The second kappa shape index (κ2) is 7.70. The van der Waals surface area contributed by atoms with Crippen molar-refractivity contribution in [2.45, 2.75) is 32.6 Å². The Morgan fingerprint density at radius 1 is 1.20 bits per heavy atom. The van der Waals surface area contributed by atoms with Crippen LogP contribution < -0.4 is 5.32 Å². The smallest absolute Gasteiger partial charge is 0.235 e. The minimum absolute atomic E-state index is 0.135. The molecule has 0 unspecified atom stereocenters. The van der Waals surface area contributed by atoms with Gasteiger partial charge in [-0.05, 0) is 37.0 Å². The third-order valence-electron chi connectivity index (χ3n) is 4.17. The molecule has 0 bridgehead atoms. The second-order valence-corrected chi connectivity index (χ2v) is 6.02. The molecule has 1 heterocycles. The van der Waals surface area contributed by atoms with E-state index in [1.807, 2.05) is 49.4 Å². The number of rotatable bonds is 6. The molecule has 0 spiro atoms. The molecule has 0 saturated carbocycles. The average Bonchev–Trinajstić information content (AvgIpc) is 3.14. The summed E-state index contributed by atoms with van der Waals surface area (Å²) in [6, 6.07) is 15.9. The third-order valence-corrected chi connectivity index (χ3v) is 4.17. The molecule has 0 fully saturated rings. The number of para-hydroxylation sites is 1. The van der Waals surface area contributed by atoms with Crippen molar-refractivity contribution in [3.63, 3.8) is 0 Å². The number of aromatic amines is 1. The number of carbonyl (C=O) groups is 1. The lowest BCUT2D eigenvalue weighted by molar-refractivity contribution is -0.117. The summed E-state index contributed by atoms with van der Waals surface area (Å²) in [4.78, 5) is 12.9. The lowest BCUT2D eigenvalue weighted by Crippen LogP contribution is -2.24. The topological polar surface area (TPSA) is 83.6 Å². The molecule has 1 atom stereocenters. The fraction of sp³-hybridized carbons (Fsp3) is 0.263. The standard InChI is InChI=1S/C19H21N5O/c1-3-15-9-4-5-10-17(15)20-19(25)16(18-21-23-24-22-18)12-14-8-6-7-13(2)11-14/h4-11,16H,3,12H2,1-2H3,(H,20,25)(H,21,22,23,24)/t16-/m0/s1. The summed E-state index contributed by atoms with van der Waals surface area (Å²) in [6.07, 6.45) is 1.36. The number of amides is 1. The van der Waals surface area contributed by atoms with Crippen LogP contribution in [0, 0.1) is 6.92 Å². The Labute approximate surface area is 146 Å². The van der Waals surface area contributed by atoms with Gasteiger partial charge in [0.1, 0.15) is 5.92 Å². The quantitative estimate of drug-likeness (QED) is 0.725. The minimum atomic E-state index is -0.509. The Bertz CT molecular complexity index is 845. The molecule has 0 aliphatic rings. The number of hydrogen-bond acceptors (Lipinski definition) is 4. The van der Waals surface area contributed by atoms with Gasteiger partial charge in [0.15, 0.2) is 5.82 Å². The zero-order valence-corrected chi connectivity index (χ0v) is 14.4. The van der Waals surface area contributed by atoms with Crippen molar-refractivity contribution in [2.75, 3.05) is 5.32 Å².